The molecule has 1 aromatic heterocycles. The van der Waals surface area contributed by atoms with Gasteiger partial charge in [-0.25, -0.2) is 4.79 Å². The van der Waals surface area contributed by atoms with Gasteiger partial charge in [-0.3, -0.25) is 10.0 Å². The van der Waals surface area contributed by atoms with Crippen molar-refractivity contribution in [3.05, 3.63) is 42.5 Å². The standard InChI is InChI=1S/C17H18N4O3S/c1-21(2)11-7-6-9-13-15(11)16(19-24-13)18-17(22)20-25-14-10-5-4-8-12(14)23-3/h4-10H,1-3H3,(H2,18,19,20,22). The molecule has 0 unspecified atom stereocenters. The zero-order chi connectivity index (χ0) is 17.8. The topological polar surface area (TPSA) is 79.6 Å². The van der Waals surface area contributed by atoms with E-state index >= 15 is 0 Å². The zero-order valence-corrected chi connectivity index (χ0v) is 14.9. The van der Waals surface area contributed by atoms with Crippen LogP contribution >= 0.6 is 11.9 Å². The van der Waals surface area contributed by atoms with Crippen LogP contribution in [0.1, 0.15) is 0 Å². The Bertz CT molecular complexity index is 894. The van der Waals surface area contributed by atoms with Crippen molar-refractivity contribution in [3.63, 3.8) is 0 Å². The SMILES string of the molecule is COc1ccccc1SNC(=O)Nc1noc2cccc(N(C)C)c12. The number of nitrogens with zero attached hydrogens (tertiary/aromatic N) is 2. The van der Waals surface area contributed by atoms with Gasteiger partial charge in [-0.15, -0.1) is 0 Å². The highest BCUT2D eigenvalue weighted by Crippen LogP contribution is 2.32. The highest BCUT2D eigenvalue weighted by Gasteiger charge is 2.16. The lowest BCUT2D eigenvalue weighted by Gasteiger charge is -2.13. The number of nitrogens with one attached hydrogen (secondary N) is 2. The molecule has 0 radical (unpaired) electrons. The van der Waals surface area contributed by atoms with Crippen LogP contribution in [0, 0.1) is 0 Å². The number of carbonyl (C=O) groups excluding carboxylic acids is 1. The number of hydrogen-bond acceptors (Lipinski definition) is 6. The van der Waals surface area contributed by atoms with Crippen LogP contribution in [0.15, 0.2) is 51.9 Å². The molecule has 0 saturated heterocycles. The molecule has 2 amide bonds. The van der Waals surface area contributed by atoms with E-state index in [2.05, 4.69) is 15.2 Å². The minimum atomic E-state index is -0.403. The molecule has 3 rings (SSSR count). The van der Waals surface area contributed by atoms with Gasteiger partial charge in [0.1, 0.15) is 5.75 Å². The summed E-state index contributed by atoms with van der Waals surface area (Å²) < 4.78 is 13.3. The van der Waals surface area contributed by atoms with E-state index < -0.39 is 6.03 Å². The first-order chi connectivity index (χ1) is 12.1. The number of ether oxygens (including phenoxy) is 1. The number of hydrogen-bond donors (Lipinski definition) is 2. The molecule has 0 fully saturated rings. The molecule has 0 aliphatic carbocycles. The van der Waals surface area contributed by atoms with Gasteiger partial charge < -0.3 is 14.2 Å². The van der Waals surface area contributed by atoms with E-state index in [1.807, 2.05) is 61.5 Å². The number of methoxy groups -OCH3 is 1. The molecular formula is C17H18N4O3S. The summed E-state index contributed by atoms with van der Waals surface area (Å²) in [5.41, 5.74) is 1.52. The summed E-state index contributed by atoms with van der Waals surface area (Å²) in [5.74, 6) is 1.06. The van der Waals surface area contributed by atoms with Crippen molar-refractivity contribution in [2.24, 2.45) is 0 Å². The largest absolute Gasteiger partial charge is 0.496 e. The third-order valence-corrected chi connectivity index (χ3v) is 4.36. The predicted molar refractivity (Wildman–Crippen MR) is 99.3 cm³/mol. The van der Waals surface area contributed by atoms with Crippen molar-refractivity contribution in [2.45, 2.75) is 4.90 Å². The van der Waals surface area contributed by atoms with E-state index in [1.54, 1.807) is 7.11 Å². The van der Waals surface area contributed by atoms with Crippen LogP contribution in [0.25, 0.3) is 11.0 Å². The number of aromatic nitrogens is 1. The summed E-state index contributed by atoms with van der Waals surface area (Å²) in [6.45, 7) is 0. The first-order valence-corrected chi connectivity index (χ1v) is 8.34. The molecule has 8 heteroatoms. The monoisotopic (exact) mass is 358 g/mol. The predicted octanol–water partition coefficient (Wildman–Crippen LogP) is 3.73. The van der Waals surface area contributed by atoms with Gasteiger partial charge in [0.05, 0.1) is 23.1 Å². The summed E-state index contributed by atoms with van der Waals surface area (Å²) in [7, 11) is 5.43. The molecule has 0 saturated carbocycles. The third kappa shape index (κ3) is 3.63. The van der Waals surface area contributed by atoms with Gasteiger partial charge in [0, 0.05) is 14.1 Å². The fourth-order valence-electron chi connectivity index (χ4n) is 2.37. The molecule has 0 aliphatic rings. The van der Waals surface area contributed by atoms with Gasteiger partial charge in [0.15, 0.2) is 11.4 Å². The molecule has 2 N–H and O–H groups in total. The summed E-state index contributed by atoms with van der Waals surface area (Å²) in [6, 6.07) is 12.7. The average molecular weight is 358 g/mol. The fraction of sp³-hybridized carbons (Fsp3) is 0.176. The van der Waals surface area contributed by atoms with Crippen LogP contribution in [-0.2, 0) is 0 Å². The van der Waals surface area contributed by atoms with Crippen molar-refractivity contribution in [1.29, 1.82) is 0 Å². The summed E-state index contributed by atoms with van der Waals surface area (Å²) >= 11 is 1.16. The molecule has 0 atom stereocenters. The Labute approximate surface area is 149 Å². The maximum atomic E-state index is 12.2. The maximum absolute atomic E-state index is 12.2. The second-order valence-electron chi connectivity index (χ2n) is 5.38. The van der Waals surface area contributed by atoms with Crippen molar-refractivity contribution in [3.8, 4) is 5.75 Å². The van der Waals surface area contributed by atoms with Gasteiger partial charge in [-0.1, -0.05) is 23.4 Å². The lowest BCUT2D eigenvalue weighted by atomic mass is 10.2. The quantitative estimate of drug-likeness (QED) is 0.677. The molecule has 0 aliphatic heterocycles. The maximum Gasteiger partial charge on any atom is 0.330 e. The number of carbonyl (C=O) groups is 1. The van der Waals surface area contributed by atoms with Crippen molar-refractivity contribution >= 4 is 40.5 Å². The number of rotatable bonds is 5. The summed E-state index contributed by atoms with van der Waals surface area (Å²) in [4.78, 5) is 15.0. The lowest BCUT2D eigenvalue weighted by molar-refractivity contribution is 0.257. The molecule has 7 nitrogen and oxygen atoms in total. The van der Waals surface area contributed by atoms with Crippen molar-refractivity contribution < 1.29 is 14.1 Å². The minimum Gasteiger partial charge on any atom is -0.496 e. The van der Waals surface area contributed by atoms with E-state index in [0.29, 0.717) is 17.2 Å². The Morgan fingerprint density at radius 3 is 2.76 bits per heavy atom. The fourth-order valence-corrected chi connectivity index (χ4v) is 3.02. The average Bonchev–Trinajstić information content (AvgIpc) is 3.03. The van der Waals surface area contributed by atoms with Gasteiger partial charge in [0.2, 0.25) is 0 Å². The van der Waals surface area contributed by atoms with Gasteiger partial charge in [-0.2, -0.15) is 0 Å². The second-order valence-corrected chi connectivity index (χ2v) is 6.23. The van der Waals surface area contributed by atoms with Gasteiger partial charge in [0.25, 0.3) is 0 Å². The Morgan fingerprint density at radius 1 is 1.20 bits per heavy atom. The Balaban J connectivity index is 1.74. The van der Waals surface area contributed by atoms with Crippen molar-refractivity contribution in [2.75, 3.05) is 31.4 Å². The number of anilines is 2. The Kier molecular flexibility index (Phi) is 4.99. The number of fused-ring (bicyclic) bond motifs is 1. The van der Waals surface area contributed by atoms with E-state index in [9.17, 15) is 4.79 Å². The molecule has 130 valence electrons. The highest BCUT2D eigenvalue weighted by atomic mass is 32.2. The highest BCUT2D eigenvalue weighted by molar-refractivity contribution is 7.98. The molecule has 25 heavy (non-hydrogen) atoms. The smallest absolute Gasteiger partial charge is 0.330 e. The van der Waals surface area contributed by atoms with Crippen LogP contribution in [0.5, 0.6) is 5.75 Å². The Morgan fingerprint density at radius 2 is 2.00 bits per heavy atom. The van der Waals surface area contributed by atoms with E-state index in [0.717, 1.165) is 27.9 Å². The molecule has 0 spiro atoms. The zero-order valence-electron chi connectivity index (χ0n) is 14.1. The first-order valence-electron chi connectivity index (χ1n) is 7.52. The van der Waals surface area contributed by atoms with Crippen LogP contribution in [0.4, 0.5) is 16.3 Å². The van der Waals surface area contributed by atoms with Gasteiger partial charge in [-0.05, 0) is 36.2 Å². The van der Waals surface area contributed by atoms with E-state index in [1.165, 1.54) is 0 Å². The number of benzene rings is 2. The van der Waals surface area contributed by atoms with Gasteiger partial charge >= 0.3 is 6.03 Å². The summed E-state index contributed by atoms with van der Waals surface area (Å²) in [6.07, 6.45) is 0. The van der Waals surface area contributed by atoms with E-state index in [-0.39, 0.29) is 0 Å². The third-order valence-electron chi connectivity index (χ3n) is 3.51. The van der Waals surface area contributed by atoms with Crippen LogP contribution in [0.2, 0.25) is 0 Å². The van der Waals surface area contributed by atoms with Crippen LogP contribution in [-0.4, -0.2) is 32.4 Å². The number of urea groups is 1. The van der Waals surface area contributed by atoms with Crippen LogP contribution in [0.3, 0.4) is 0 Å². The van der Waals surface area contributed by atoms with Crippen molar-refractivity contribution in [1.82, 2.24) is 9.88 Å². The minimum absolute atomic E-state index is 0.373. The van der Waals surface area contributed by atoms with Crippen LogP contribution < -0.4 is 19.7 Å². The normalized spacial score (nSPS) is 10.5. The molecule has 3 aromatic rings. The molecular weight excluding hydrogens is 340 g/mol. The molecule has 2 aromatic carbocycles. The lowest BCUT2D eigenvalue weighted by Crippen LogP contribution is -2.23. The number of amides is 2. The number of para-hydroxylation sites is 1. The molecule has 0 bridgehead atoms. The summed E-state index contributed by atoms with van der Waals surface area (Å²) in [5, 5.41) is 7.44. The first kappa shape index (κ1) is 17.0. The second kappa shape index (κ2) is 7.35. The molecule has 1 heterocycles. The Hall–Kier alpha value is -2.87. The van der Waals surface area contributed by atoms with E-state index in [4.69, 9.17) is 9.26 Å².